The molecule has 4 rings (SSSR count). The number of benzene rings is 2. The third-order valence-electron chi connectivity index (χ3n) is 6.22. The van der Waals surface area contributed by atoms with E-state index in [1.165, 1.54) is 4.90 Å². The van der Waals surface area contributed by atoms with Gasteiger partial charge in [-0.05, 0) is 44.0 Å². The number of amides is 3. The molecule has 0 spiro atoms. The van der Waals surface area contributed by atoms with Crippen LogP contribution in [0.25, 0.3) is 0 Å². The molecule has 2 aliphatic heterocycles. The number of fused-ring (bicyclic) bond motifs is 1. The van der Waals surface area contributed by atoms with Crippen LogP contribution < -0.4 is 15.1 Å². The molecule has 33 heavy (non-hydrogen) atoms. The molecule has 0 radical (unpaired) electrons. The summed E-state index contributed by atoms with van der Waals surface area (Å²) in [5, 5.41) is 2.80. The fourth-order valence-electron chi connectivity index (χ4n) is 4.39. The molecule has 1 fully saturated rings. The summed E-state index contributed by atoms with van der Waals surface area (Å²) in [6.45, 7) is 4.98. The highest BCUT2D eigenvalue weighted by Crippen LogP contribution is 2.37. The van der Waals surface area contributed by atoms with Crippen LogP contribution in [0.15, 0.2) is 48.5 Å². The maximum atomic E-state index is 13.1. The van der Waals surface area contributed by atoms with Crippen molar-refractivity contribution in [2.75, 3.05) is 28.3 Å². The second-order valence-corrected chi connectivity index (χ2v) is 8.75. The van der Waals surface area contributed by atoms with Gasteiger partial charge in [0.2, 0.25) is 11.8 Å². The van der Waals surface area contributed by atoms with Crippen molar-refractivity contribution in [3.05, 3.63) is 54.1 Å². The lowest BCUT2D eigenvalue weighted by Crippen LogP contribution is -2.59. The molecule has 2 aliphatic rings. The number of para-hydroxylation sites is 3. The first-order valence-electron chi connectivity index (χ1n) is 11.0. The van der Waals surface area contributed by atoms with Gasteiger partial charge in [-0.1, -0.05) is 37.3 Å². The predicted octanol–water partition coefficient (Wildman–Crippen LogP) is 2.91. The van der Waals surface area contributed by atoms with Crippen molar-refractivity contribution in [1.82, 2.24) is 0 Å². The van der Waals surface area contributed by atoms with Crippen LogP contribution in [0.1, 0.15) is 32.8 Å². The minimum Gasteiger partial charge on any atom is -0.455 e. The van der Waals surface area contributed by atoms with Crippen molar-refractivity contribution in [2.45, 2.75) is 39.2 Å². The highest BCUT2D eigenvalue weighted by molar-refractivity contribution is 6.14. The monoisotopic (exact) mass is 449 g/mol. The number of ether oxygens (including phenoxy) is 1. The van der Waals surface area contributed by atoms with Gasteiger partial charge in [-0.3, -0.25) is 24.1 Å². The van der Waals surface area contributed by atoms with Crippen LogP contribution in [-0.4, -0.2) is 42.4 Å². The molecular weight excluding hydrogens is 422 g/mol. The Kier molecular flexibility index (Phi) is 5.93. The number of aryl methyl sites for hydroxylation is 1. The molecule has 1 N–H and O–H groups in total. The lowest BCUT2D eigenvalue weighted by Gasteiger charge is -2.41. The van der Waals surface area contributed by atoms with E-state index in [0.29, 0.717) is 11.4 Å². The van der Waals surface area contributed by atoms with Crippen molar-refractivity contribution >= 4 is 40.8 Å². The maximum Gasteiger partial charge on any atom is 0.311 e. The number of hydrogen-bond donors (Lipinski definition) is 1. The van der Waals surface area contributed by atoms with Gasteiger partial charge in [0, 0.05) is 18.7 Å². The van der Waals surface area contributed by atoms with E-state index in [0.717, 1.165) is 17.7 Å². The van der Waals surface area contributed by atoms with Gasteiger partial charge < -0.3 is 15.0 Å². The van der Waals surface area contributed by atoms with Gasteiger partial charge in [-0.25, -0.2) is 0 Å². The zero-order chi connectivity index (χ0) is 23.8. The number of carbonyl (C=O) groups excluding carboxylic acids is 4. The summed E-state index contributed by atoms with van der Waals surface area (Å²) < 4.78 is 5.33. The summed E-state index contributed by atoms with van der Waals surface area (Å²) in [5.74, 6) is -2.23. The summed E-state index contributed by atoms with van der Waals surface area (Å²) in [6, 6.07) is 14.6. The van der Waals surface area contributed by atoms with E-state index < -0.39 is 29.9 Å². The molecule has 0 aromatic heterocycles. The second kappa shape index (κ2) is 8.69. The Bertz CT molecular complexity index is 1130. The molecule has 0 aliphatic carbocycles. The van der Waals surface area contributed by atoms with Gasteiger partial charge in [-0.2, -0.15) is 0 Å². The summed E-state index contributed by atoms with van der Waals surface area (Å²) in [4.78, 5) is 53.9. The third-order valence-corrected chi connectivity index (χ3v) is 6.22. The number of nitrogens with zero attached hydrogens (tertiary/aromatic N) is 2. The molecule has 2 aromatic rings. The number of carbonyl (C=O) groups is 4. The molecule has 1 saturated heterocycles. The normalized spacial score (nSPS) is 19.2. The molecule has 0 bridgehead atoms. The first-order chi connectivity index (χ1) is 15.7. The molecule has 1 unspecified atom stereocenters. The third kappa shape index (κ3) is 4.08. The second-order valence-electron chi connectivity index (χ2n) is 8.75. The van der Waals surface area contributed by atoms with Crippen LogP contribution in [0.2, 0.25) is 0 Å². The van der Waals surface area contributed by atoms with Crippen LogP contribution in [0.5, 0.6) is 0 Å². The highest BCUT2D eigenvalue weighted by Gasteiger charge is 2.44. The average Bonchev–Trinajstić information content (AvgIpc) is 3.19. The number of nitrogens with one attached hydrogen (secondary N) is 1. The summed E-state index contributed by atoms with van der Waals surface area (Å²) in [5.41, 5.74) is 1.74. The molecule has 172 valence electrons. The van der Waals surface area contributed by atoms with Crippen molar-refractivity contribution in [1.29, 1.82) is 0 Å². The topological polar surface area (TPSA) is 96.0 Å². The van der Waals surface area contributed by atoms with Crippen molar-refractivity contribution in [3.8, 4) is 0 Å². The minimum atomic E-state index is -1.15. The van der Waals surface area contributed by atoms with E-state index in [9.17, 15) is 19.2 Å². The SMILES string of the molecule is CCc1ccccc1N1CC(C(=O)OCC(=O)N2c3ccccc3NC(=O)C2(C)C)CC1=O. The van der Waals surface area contributed by atoms with E-state index in [1.807, 2.05) is 31.2 Å². The quantitative estimate of drug-likeness (QED) is 0.708. The van der Waals surface area contributed by atoms with Crippen LogP contribution in [0.3, 0.4) is 0 Å². The van der Waals surface area contributed by atoms with E-state index in [1.54, 1.807) is 43.0 Å². The number of anilines is 3. The first kappa shape index (κ1) is 22.5. The Balaban J connectivity index is 1.44. The Morgan fingerprint density at radius 3 is 2.45 bits per heavy atom. The Morgan fingerprint density at radius 1 is 1.06 bits per heavy atom. The van der Waals surface area contributed by atoms with Crippen LogP contribution in [0, 0.1) is 5.92 Å². The van der Waals surface area contributed by atoms with Gasteiger partial charge in [0.05, 0.1) is 17.3 Å². The van der Waals surface area contributed by atoms with Crippen LogP contribution >= 0.6 is 0 Å². The summed E-state index contributed by atoms with van der Waals surface area (Å²) >= 11 is 0. The van der Waals surface area contributed by atoms with Crippen molar-refractivity contribution in [2.24, 2.45) is 5.92 Å². The molecule has 8 heteroatoms. The number of rotatable bonds is 5. The van der Waals surface area contributed by atoms with Gasteiger partial charge in [0.25, 0.3) is 5.91 Å². The molecular formula is C25H27N3O5. The van der Waals surface area contributed by atoms with Gasteiger partial charge in [0.15, 0.2) is 6.61 Å². The van der Waals surface area contributed by atoms with Gasteiger partial charge >= 0.3 is 5.97 Å². The average molecular weight is 450 g/mol. The van der Waals surface area contributed by atoms with E-state index in [2.05, 4.69) is 5.32 Å². The summed E-state index contributed by atoms with van der Waals surface area (Å²) in [7, 11) is 0. The Hall–Kier alpha value is -3.68. The zero-order valence-corrected chi connectivity index (χ0v) is 19.0. The zero-order valence-electron chi connectivity index (χ0n) is 19.0. The number of esters is 1. The maximum absolute atomic E-state index is 13.1. The van der Waals surface area contributed by atoms with Crippen LogP contribution in [-0.2, 0) is 30.3 Å². The fourth-order valence-corrected chi connectivity index (χ4v) is 4.39. The molecule has 3 amide bonds. The Labute approximate surface area is 192 Å². The first-order valence-corrected chi connectivity index (χ1v) is 11.0. The van der Waals surface area contributed by atoms with Crippen molar-refractivity contribution < 1.29 is 23.9 Å². The van der Waals surface area contributed by atoms with Gasteiger partial charge in [-0.15, -0.1) is 0 Å². The van der Waals surface area contributed by atoms with E-state index >= 15 is 0 Å². The highest BCUT2D eigenvalue weighted by atomic mass is 16.5. The number of hydrogen-bond acceptors (Lipinski definition) is 5. The van der Waals surface area contributed by atoms with Crippen molar-refractivity contribution in [3.63, 3.8) is 0 Å². The minimum absolute atomic E-state index is 0.0333. The molecule has 2 heterocycles. The standard InChI is InChI=1S/C25H27N3O5/c1-4-16-9-5-7-11-19(16)27-14-17(13-21(27)29)23(31)33-15-22(30)28-20-12-8-6-10-18(20)26-24(32)25(28,2)3/h5-12,17H,4,13-15H2,1-3H3,(H,26,32). The summed E-state index contributed by atoms with van der Waals surface area (Å²) in [6.07, 6.45) is 0.801. The fraction of sp³-hybridized carbons (Fsp3) is 0.360. The smallest absolute Gasteiger partial charge is 0.311 e. The molecule has 2 aromatic carbocycles. The molecule has 8 nitrogen and oxygen atoms in total. The lowest BCUT2D eigenvalue weighted by atomic mass is 9.96. The van der Waals surface area contributed by atoms with Crippen LogP contribution in [0.4, 0.5) is 17.1 Å². The predicted molar refractivity (Wildman–Crippen MR) is 124 cm³/mol. The van der Waals surface area contributed by atoms with E-state index in [-0.39, 0.29) is 24.8 Å². The lowest BCUT2D eigenvalue weighted by molar-refractivity contribution is -0.152. The van der Waals surface area contributed by atoms with Gasteiger partial charge in [0.1, 0.15) is 5.54 Å². The van der Waals surface area contributed by atoms with E-state index in [4.69, 9.17) is 4.74 Å². The molecule has 1 atom stereocenters. The Morgan fingerprint density at radius 2 is 1.73 bits per heavy atom. The molecule has 0 saturated carbocycles. The largest absolute Gasteiger partial charge is 0.455 e.